The number of aliphatic carboxylic acids is 1. The Balaban J connectivity index is 0.000000192. The molecular weight excluding hydrogens is 368 g/mol. The Morgan fingerprint density at radius 3 is 2.34 bits per heavy atom. The van der Waals surface area contributed by atoms with E-state index in [1.54, 1.807) is 0 Å². The number of piperidine rings is 1. The van der Waals surface area contributed by atoms with Gasteiger partial charge in [-0.3, -0.25) is 4.79 Å². The van der Waals surface area contributed by atoms with Crippen molar-refractivity contribution < 1.29 is 9.90 Å². The topological polar surface area (TPSA) is 130 Å². The lowest BCUT2D eigenvalue weighted by molar-refractivity contribution is -0.142. The first-order valence-corrected chi connectivity index (χ1v) is 11.1. The number of hydrogen-bond acceptors (Lipinski definition) is 7. The molecule has 6 N–H and O–H groups in total. The summed E-state index contributed by atoms with van der Waals surface area (Å²) in [6.45, 7) is 3.51. The lowest BCUT2D eigenvalue weighted by Crippen LogP contribution is -2.56. The quantitative estimate of drug-likeness (QED) is 0.584. The third-order valence-corrected chi connectivity index (χ3v) is 7.05. The number of carboxylic acids is 1. The highest BCUT2D eigenvalue weighted by molar-refractivity contribution is 5.70. The van der Waals surface area contributed by atoms with E-state index >= 15 is 0 Å². The molecule has 0 bridgehead atoms. The molecule has 1 saturated carbocycles. The first-order valence-electron chi connectivity index (χ1n) is 11.1. The van der Waals surface area contributed by atoms with E-state index in [-0.39, 0.29) is 12.0 Å². The molecule has 1 aromatic heterocycles. The maximum atomic E-state index is 10.3. The number of rotatable bonds is 2. The summed E-state index contributed by atoms with van der Waals surface area (Å²) < 4.78 is 0. The van der Waals surface area contributed by atoms with Crippen LogP contribution in [0.15, 0.2) is 0 Å². The van der Waals surface area contributed by atoms with Crippen molar-refractivity contribution in [3.8, 4) is 0 Å². The van der Waals surface area contributed by atoms with Crippen molar-refractivity contribution in [1.82, 2.24) is 15.3 Å². The van der Waals surface area contributed by atoms with Crippen molar-refractivity contribution in [1.29, 1.82) is 0 Å². The predicted molar refractivity (Wildman–Crippen MR) is 113 cm³/mol. The third-order valence-electron chi connectivity index (χ3n) is 7.05. The highest BCUT2D eigenvalue weighted by atomic mass is 16.4. The summed E-state index contributed by atoms with van der Waals surface area (Å²) in [6.07, 6.45) is 10.4. The monoisotopic (exact) mass is 402 g/mol. The molecule has 8 heteroatoms. The van der Waals surface area contributed by atoms with Gasteiger partial charge in [-0.25, -0.2) is 4.98 Å². The number of carbonyl (C=O) groups is 1. The number of nitrogens with zero attached hydrogens (tertiary/aromatic N) is 3. The Labute approximate surface area is 172 Å². The second kappa shape index (κ2) is 8.44. The maximum absolute atomic E-state index is 10.3. The summed E-state index contributed by atoms with van der Waals surface area (Å²) in [5.74, 6) is 0.773. The summed E-state index contributed by atoms with van der Waals surface area (Å²) in [5.41, 5.74) is 14.9. The Bertz CT molecular complexity index is 737. The average Bonchev–Trinajstić information content (AvgIpc) is 3.16. The van der Waals surface area contributed by atoms with E-state index in [0.29, 0.717) is 11.4 Å². The zero-order valence-electron chi connectivity index (χ0n) is 17.2. The fourth-order valence-corrected chi connectivity index (χ4v) is 5.43. The molecule has 2 saturated heterocycles. The van der Waals surface area contributed by atoms with E-state index in [1.165, 1.54) is 49.8 Å². The second-order valence-electron chi connectivity index (χ2n) is 9.10. The fourth-order valence-electron chi connectivity index (χ4n) is 5.43. The van der Waals surface area contributed by atoms with Crippen molar-refractivity contribution in [2.24, 2.45) is 11.7 Å². The Kier molecular flexibility index (Phi) is 5.92. The molecule has 160 valence electrons. The molecule has 5 rings (SSSR count). The van der Waals surface area contributed by atoms with E-state index < -0.39 is 5.97 Å². The normalized spacial score (nSPS) is 23.8. The molecule has 8 nitrogen and oxygen atoms in total. The molecule has 2 aliphatic heterocycles. The number of nitrogens with two attached hydrogens (primary N) is 2. The molecule has 0 unspecified atom stereocenters. The van der Waals surface area contributed by atoms with E-state index in [9.17, 15) is 4.79 Å². The van der Waals surface area contributed by atoms with Gasteiger partial charge in [-0.15, -0.1) is 0 Å². The van der Waals surface area contributed by atoms with Crippen molar-refractivity contribution in [3.63, 3.8) is 0 Å². The van der Waals surface area contributed by atoms with Crippen LogP contribution in [0.25, 0.3) is 0 Å². The molecule has 29 heavy (non-hydrogen) atoms. The summed E-state index contributed by atoms with van der Waals surface area (Å²) in [5, 5.41) is 11.6. The molecular formula is C21H34N6O2. The first-order chi connectivity index (χ1) is 14.0. The van der Waals surface area contributed by atoms with Gasteiger partial charge in [-0.2, -0.15) is 4.98 Å². The summed E-state index contributed by atoms with van der Waals surface area (Å²) >= 11 is 0. The van der Waals surface area contributed by atoms with Gasteiger partial charge >= 0.3 is 5.97 Å². The van der Waals surface area contributed by atoms with Gasteiger partial charge in [0.25, 0.3) is 0 Å². The summed E-state index contributed by atoms with van der Waals surface area (Å²) in [7, 11) is 0. The van der Waals surface area contributed by atoms with Gasteiger partial charge in [-0.1, -0.05) is 12.8 Å². The summed E-state index contributed by atoms with van der Waals surface area (Å²) in [6, 6.07) is 0.283. The lowest BCUT2D eigenvalue weighted by atomic mass is 9.71. The number of nitrogen functional groups attached to an aromatic ring is 1. The summed E-state index contributed by atoms with van der Waals surface area (Å²) in [4.78, 5) is 21.8. The molecule has 0 aromatic carbocycles. The fraction of sp³-hybridized carbons (Fsp3) is 0.762. The molecule has 2 aliphatic carbocycles. The standard InChI is InChI=1S/C15H23N5.C6H11NO2/c16-10-8-20(9-10)13-11-4-3-7-15(5-1-2-6-15)12(11)18-14(17)19-13;8-6(9)5-1-3-7-4-2-5/h10H,1-9,16H2,(H2,17,18,19);5,7H,1-4H2,(H,8,9). The van der Waals surface area contributed by atoms with Crippen molar-refractivity contribution in [3.05, 3.63) is 11.3 Å². The predicted octanol–water partition coefficient (Wildman–Crippen LogP) is 1.42. The smallest absolute Gasteiger partial charge is 0.306 e. The van der Waals surface area contributed by atoms with Gasteiger partial charge in [0.15, 0.2) is 0 Å². The number of nitrogens with one attached hydrogen (secondary N) is 1. The highest BCUT2D eigenvalue weighted by Crippen LogP contribution is 2.49. The van der Waals surface area contributed by atoms with E-state index in [4.69, 9.17) is 16.6 Å². The Hall–Kier alpha value is -1.93. The second-order valence-corrected chi connectivity index (χ2v) is 9.10. The molecule has 3 fully saturated rings. The number of hydrogen-bond donors (Lipinski definition) is 4. The average molecular weight is 403 g/mol. The van der Waals surface area contributed by atoms with E-state index in [1.807, 2.05) is 0 Å². The van der Waals surface area contributed by atoms with E-state index in [0.717, 1.165) is 51.3 Å². The van der Waals surface area contributed by atoms with Crippen molar-refractivity contribution in [2.45, 2.75) is 69.2 Å². The van der Waals surface area contributed by atoms with Crippen LogP contribution in [0, 0.1) is 5.92 Å². The molecule has 4 aliphatic rings. The number of fused-ring (bicyclic) bond motifs is 2. The maximum Gasteiger partial charge on any atom is 0.306 e. The van der Waals surface area contributed by atoms with Gasteiger partial charge in [0, 0.05) is 30.1 Å². The number of aromatic nitrogens is 2. The van der Waals surface area contributed by atoms with Crippen LogP contribution in [0.5, 0.6) is 0 Å². The lowest BCUT2D eigenvalue weighted by Gasteiger charge is -2.42. The third kappa shape index (κ3) is 4.19. The van der Waals surface area contributed by atoms with Crippen LogP contribution in [0.2, 0.25) is 0 Å². The zero-order valence-corrected chi connectivity index (χ0v) is 17.2. The molecule has 0 radical (unpaired) electrons. The van der Waals surface area contributed by atoms with Crippen molar-refractivity contribution in [2.75, 3.05) is 36.8 Å². The molecule has 3 heterocycles. The zero-order chi connectivity index (χ0) is 20.4. The largest absolute Gasteiger partial charge is 0.481 e. The van der Waals surface area contributed by atoms with Crippen LogP contribution >= 0.6 is 0 Å². The van der Waals surface area contributed by atoms with Gasteiger partial charge in [0.1, 0.15) is 5.82 Å². The molecule has 0 atom stereocenters. The van der Waals surface area contributed by atoms with Crippen LogP contribution in [-0.2, 0) is 16.6 Å². The minimum atomic E-state index is -0.642. The number of carboxylic acid groups (broad SMARTS) is 1. The van der Waals surface area contributed by atoms with Crippen LogP contribution in [0.3, 0.4) is 0 Å². The van der Waals surface area contributed by atoms with Crippen LogP contribution in [0.1, 0.15) is 62.6 Å². The highest BCUT2D eigenvalue weighted by Gasteiger charge is 2.42. The number of anilines is 2. The molecule has 1 aromatic rings. The van der Waals surface area contributed by atoms with Crippen LogP contribution in [0.4, 0.5) is 11.8 Å². The minimum absolute atomic E-state index is 0.0914. The van der Waals surface area contributed by atoms with E-state index in [2.05, 4.69) is 20.2 Å². The van der Waals surface area contributed by atoms with Gasteiger partial charge < -0.3 is 26.8 Å². The Morgan fingerprint density at radius 1 is 1.10 bits per heavy atom. The molecule has 0 amide bonds. The minimum Gasteiger partial charge on any atom is -0.481 e. The SMILES string of the molecule is Nc1nc(N2CC(N)C2)c2c(n1)C1(CCCC1)CCC2.O=C(O)C1CCNCC1. The van der Waals surface area contributed by atoms with Gasteiger partial charge in [-0.05, 0) is 58.0 Å². The molecule has 1 spiro atoms. The van der Waals surface area contributed by atoms with Gasteiger partial charge in [0.2, 0.25) is 5.95 Å². The Morgan fingerprint density at radius 2 is 1.76 bits per heavy atom. The van der Waals surface area contributed by atoms with Gasteiger partial charge in [0.05, 0.1) is 11.6 Å². The van der Waals surface area contributed by atoms with Crippen LogP contribution in [-0.4, -0.2) is 53.3 Å². The van der Waals surface area contributed by atoms with Crippen molar-refractivity contribution >= 4 is 17.7 Å². The van der Waals surface area contributed by atoms with Crippen LogP contribution < -0.4 is 21.7 Å². The first kappa shape index (κ1) is 20.3.